The highest BCUT2D eigenvalue weighted by Gasteiger charge is 2.21. The van der Waals surface area contributed by atoms with E-state index in [1.165, 1.54) is 18.5 Å². The highest BCUT2D eigenvalue weighted by atomic mass is 19.1. The Morgan fingerprint density at radius 2 is 1.83 bits per heavy atom. The van der Waals surface area contributed by atoms with Gasteiger partial charge in [-0.25, -0.2) is 14.4 Å². The number of hydrogen-bond acceptors (Lipinski definition) is 9. The lowest BCUT2D eigenvalue weighted by molar-refractivity contribution is 0.102. The monoisotopic (exact) mass is 654 g/mol. The summed E-state index contributed by atoms with van der Waals surface area (Å²) in [7, 11) is 3.35. The van der Waals surface area contributed by atoms with Gasteiger partial charge in [0.05, 0.1) is 30.1 Å². The molecule has 0 saturated carbocycles. The number of carbonyl (C=O) groups excluding carboxylic acids is 1. The number of methoxy groups -OCH3 is 1. The van der Waals surface area contributed by atoms with E-state index in [2.05, 4.69) is 25.5 Å². The van der Waals surface area contributed by atoms with E-state index in [-0.39, 0.29) is 28.3 Å². The van der Waals surface area contributed by atoms with E-state index >= 15 is 4.39 Å². The molecule has 0 radical (unpaired) electrons. The second-order valence-electron chi connectivity index (χ2n) is 11.7. The zero-order valence-electron chi connectivity index (χ0n) is 27.6. The lowest BCUT2D eigenvalue weighted by atomic mass is 10.0. The number of hydrogen-bond donors (Lipinski definition) is 2. The highest BCUT2D eigenvalue weighted by molar-refractivity contribution is 6.07. The van der Waals surface area contributed by atoms with E-state index in [0.29, 0.717) is 40.1 Å². The maximum atomic E-state index is 15.4. The van der Waals surface area contributed by atoms with Crippen molar-refractivity contribution >= 4 is 33.4 Å². The van der Waals surface area contributed by atoms with E-state index in [9.17, 15) is 9.59 Å². The molecule has 12 heteroatoms. The van der Waals surface area contributed by atoms with Crippen LogP contribution in [0.25, 0.3) is 21.8 Å². The fraction of sp³-hybridized carbons (Fsp3) is 0.333. The number of nitrogens with zero attached hydrogens (tertiary/aromatic N) is 4. The highest BCUT2D eigenvalue weighted by Crippen LogP contribution is 2.37. The maximum Gasteiger partial charge on any atom is 0.261 e. The number of pyridine rings is 1. The molecule has 0 aliphatic carbocycles. The Morgan fingerprint density at radius 1 is 1.02 bits per heavy atom. The molecule has 250 valence electrons. The molecular weight excluding hydrogens is 615 g/mol. The molecule has 0 spiro atoms. The summed E-state index contributed by atoms with van der Waals surface area (Å²) in [5, 5.41) is 6.99. The molecule has 0 atom stereocenters. The number of aryl methyl sites for hydroxylation is 2. The first-order valence-corrected chi connectivity index (χ1v) is 16.1. The number of aromatic nitrogens is 3. The van der Waals surface area contributed by atoms with Crippen LogP contribution in [0, 0.1) is 12.7 Å². The van der Waals surface area contributed by atoms with Gasteiger partial charge in [-0.2, -0.15) is 0 Å². The number of benzene rings is 3. The molecule has 6 rings (SSSR count). The normalized spacial score (nSPS) is 13.5. The van der Waals surface area contributed by atoms with Crippen molar-refractivity contribution in [2.24, 2.45) is 7.05 Å². The Hall–Kier alpha value is -5.07. The van der Waals surface area contributed by atoms with Crippen LogP contribution in [0.2, 0.25) is 0 Å². The average Bonchev–Trinajstić information content (AvgIpc) is 3.10. The Balaban J connectivity index is 1.18. The molecule has 2 N–H and O–H groups in total. The van der Waals surface area contributed by atoms with Crippen LogP contribution in [0.4, 0.5) is 10.1 Å². The van der Waals surface area contributed by atoms with Gasteiger partial charge in [-0.05, 0) is 55.7 Å². The van der Waals surface area contributed by atoms with E-state index in [1.807, 2.05) is 29.7 Å². The van der Waals surface area contributed by atoms with Crippen LogP contribution in [0.3, 0.4) is 0 Å². The Morgan fingerprint density at radius 3 is 2.58 bits per heavy atom. The first kappa shape index (κ1) is 32.9. The van der Waals surface area contributed by atoms with Crippen LogP contribution in [0.5, 0.6) is 23.1 Å². The SMILES string of the molecule is CCc1ccc2c(c1)c(=O)c(C(=O)Nc1ccc(Oc3ncnc4cc(OCCCN5CCNCC5)c(OC)cc34)c(F)c1)c(C)n2C. The third-order valence-electron chi connectivity index (χ3n) is 8.76. The molecule has 3 aromatic carbocycles. The third-order valence-corrected chi connectivity index (χ3v) is 8.76. The third kappa shape index (κ3) is 6.80. The lowest BCUT2D eigenvalue weighted by Crippen LogP contribution is -2.43. The van der Waals surface area contributed by atoms with E-state index in [1.54, 1.807) is 33.2 Å². The molecule has 1 aliphatic heterocycles. The minimum absolute atomic E-state index is 0.00305. The summed E-state index contributed by atoms with van der Waals surface area (Å²) in [4.78, 5) is 37.8. The van der Waals surface area contributed by atoms with Crippen LogP contribution in [0.15, 0.2) is 59.7 Å². The summed E-state index contributed by atoms with van der Waals surface area (Å²) in [6.45, 7) is 9.25. The number of fused-ring (bicyclic) bond motifs is 2. The van der Waals surface area contributed by atoms with Crippen LogP contribution in [-0.2, 0) is 13.5 Å². The van der Waals surface area contributed by atoms with Crippen LogP contribution in [-0.4, -0.2) is 71.8 Å². The lowest BCUT2D eigenvalue weighted by Gasteiger charge is -2.27. The molecule has 48 heavy (non-hydrogen) atoms. The summed E-state index contributed by atoms with van der Waals surface area (Å²) in [5.41, 5.74) is 2.57. The van der Waals surface area contributed by atoms with Gasteiger partial charge < -0.3 is 34.3 Å². The topological polar surface area (TPSA) is 120 Å². The van der Waals surface area contributed by atoms with Crippen molar-refractivity contribution < 1.29 is 23.4 Å². The summed E-state index contributed by atoms with van der Waals surface area (Å²) < 4.78 is 34.7. The van der Waals surface area contributed by atoms with Crippen molar-refractivity contribution in [3.63, 3.8) is 0 Å². The van der Waals surface area contributed by atoms with Gasteiger partial charge >= 0.3 is 0 Å². The summed E-state index contributed by atoms with van der Waals surface area (Å²) in [5.74, 6) is -0.314. The Labute approximate surface area is 277 Å². The van der Waals surface area contributed by atoms with Gasteiger partial charge in [0.1, 0.15) is 11.9 Å². The predicted octanol–water partition coefficient (Wildman–Crippen LogP) is 5.22. The number of anilines is 1. The Bertz CT molecular complexity index is 2040. The first-order valence-electron chi connectivity index (χ1n) is 16.1. The summed E-state index contributed by atoms with van der Waals surface area (Å²) >= 11 is 0. The number of halogens is 1. The van der Waals surface area contributed by atoms with E-state index in [4.69, 9.17) is 14.2 Å². The van der Waals surface area contributed by atoms with Gasteiger partial charge in [0.2, 0.25) is 11.3 Å². The van der Waals surface area contributed by atoms with Gasteiger partial charge in [0, 0.05) is 68.7 Å². The van der Waals surface area contributed by atoms with Crippen LogP contribution >= 0.6 is 0 Å². The summed E-state index contributed by atoms with van der Waals surface area (Å²) in [6, 6.07) is 13.2. The molecule has 1 amide bonds. The number of piperazine rings is 1. The first-order chi connectivity index (χ1) is 23.3. The number of nitrogens with one attached hydrogen (secondary N) is 2. The molecule has 5 aromatic rings. The Kier molecular flexibility index (Phi) is 9.83. The molecule has 11 nitrogen and oxygen atoms in total. The number of ether oxygens (including phenoxy) is 3. The quantitative estimate of drug-likeness (QED) is 0.185. The van der Waals surface area contributed by atoms with Gasteiger partial charge in [0.15, 0.2) is 23.1 Å². The zero-order chi connectivity index (χ0) is 33.8. The summed E-state index contributed by atoms with van der Waals surface area (Å²) in [6.07, 6.45) is 2.96. The van der Waals surface area contributed by atoms with Crippen molar-refractivity contribution in [1.82, 2.24) is 24.8 Å². The zero-order valence-corrected chi connectivity index (χ0v) is 27.6. The minimum atomic E-state index is -0.730. The van der Waals surface area contributed by atoms with E-state index < -0.39 is 11.7 Å². The molecule has 1 fully saturated rings. The molecule has 0 bridgehead atoms. The second kappa shape index (κ2) is 14.4. The average molecular weight is 655 g/mol. The number of rotatable bonds is 11. The standard InChI is InChI=1S/C36H39FN6O5/c1-5-23-7-9-29-26(17-23)34(44)33(22(2)42(29)3)35(45)41-24-8-10-30(27(37)18-24)48-36-25-19-31(46-4)32(20-28(25)39-21-40-36)47-16-6-13-43-14-11-38-12-15-43/h7-10,17-21,38H,5-6,11-16H2,1-4H3,(H,41,45). The molecule has 0 unspecified atom stereocenters. The van der Waals surface area contributed by atoms with Crippen LogP contribution in [0.1, 0.15) is 35.0 Å². The maximum absolute atomic E-state index is 15.4. The van der Waals surface area contributed by atoms with E-state index in [0.717, 1.165) is 62.7 Å². The van der Waals surface area contributed by atoms with Gasteiger partial charge in [-0.1, -0.05) is 13.0 Å². The number of carbonyl (C=O) groups is 1. The smallest absolute Gasteiger partial charge is 0.261 e. The molecule has 1 aliphatic rings. The molecule has 3 heterocycles. The largest absolute Gasteiger partial charge is 0.493 e. The van der Waals surface area contributed by atoms with Gasteiger partial charge in [-0.15, -0.1) is 0 Å². The molecular formula is C36H39FN6O5. The fourth-order valence-electron chi connectivity index (χ4n) is 5.95. The van der Waals surface area contributed by atoms with Crippen molar-refractivity contribution in [2.45, 2.75) is 26.7 Å². The fourth-order valence-corrected chi connectivity index (χ4v) is 5.95. The van der Waals surface area contributed by atoms with Crippen molar-refractivity contribution in [3.05, 3.63) is 87.7 Å². The van der Waals surface area contributed by atoms with Crippen molar-refractivity contribution in [1.29, 1.82) is 0 Å². The van der Waals surface area contributed by atoms with Gasteiger partial charge in [-0.3, -0.25) is 9.59 Å². The van der Waals surface area contributed by atoms with Crippen LogP contribution < -0.4 is 30.3 Å². The predicted molar refractivity (Wildman–Crippen MR) is 183 cm³/mol. The van der Waals surface area contributed by atoms with Gasteiger partial charge in [0.25, 0.3) is 5.91 Å². The van der Waals surface area contributed by atoms with Crippen molar-refractivity contribution in [3.8, 4) is 23.1 Å². The minimum Gasteiger partial charge on any atom is -0.493 e. The second-order valence-corrected chi connectivity index (χ2v) is 11.7. The van der Waals surface area contributed by atoms with Crippen molar-refractivity contribution in [2.75, 3.05) is 51.8 Å². The number of amides is 1. The molecule has 2 aromatic heterocycles. The molecule has 1 saturated heterocycles.